The second kappa shape index (κ2) is 22.9. The number of pyridine rings is 1. The maximum atomic E-state index is 12.7. The number of primary amides is 2. The lowest BCUT2D eigenvalue weighted by molar-refractivity contribution is 0.0301. The highest BCUT2D eigenvalue weighted by molar-refractivity contribution is 5.98. The number of anilines is 6. The third-order valence-corrected chi connectivity index (χ3v) is 11.9. The molecule has 7 heterocycles. The molecular formula is C46H55N17O7. The van der Waals surface area contributed by atoms with Crippen LogP contribution in [0.1, 0.15) is 77.7 Å². The molecule has 4 aliphatic heterocycles. The van der Waals surface area contributed by atoms with Gasteiger partial charge in [-0.05, 0) is 86.3 Å². The second-order valence-corrected chi connectivity index (χ2v) is 16.9. The molecule has 9 rings (SSSR count). The van der Waals surface area contributed by atoms with Gasteiger partial charge in [-0.15, -0.1) is 20.4 Å². The maximum absolute atomic E-state index is 12.7. The molecule has 0 spiro atoms. The fraction of sp³-hybridized carbons (Fsp3) is 0.391. The van der Waals surface area contributed by atoms with Gasteiger partial charge in [0.05, 0.1) is 26.4 Å². The minimum absolute atomic E-state index is 0.0416. The van der Waals surface area contributed by atoms with E-state index in [1.807, 2.05) is 9.80 Å². The van der Waals surface area contributed by atoms with Crippen LogP contribution in [0.3, 0.4) is 0 Å². The van der Waals surface area contributed by atoms with Gasteiger partial charge >= 0.3 is 0 Å². The molecule has 4 saturated heterocycles. The number of carbonyl (C=O) groups excluding carboxylic acids is 5. The Balaban J connectivity index is 0.000000193. The van der Waals surface area contributed by atoms with Gasteiger partial charge in [0.25, 0.3) is 29.5 Å². The Morgan fingerprint density at radius 3 is 1.47 bits per heavy atom. The van der Waals surface area contributed by atoms with Crippen LogP contribution in [0.4, 0.5) is 34.9 Å². The Bertz CT molecular complexity index is 2630. The highest BCUT2D eigenvalue weighted by atomic mass is 16.5. The number of rotatable bonds is 12. The van der Waals surface area contributed by atoms with Crippen molar-refractivity contribution in [3.05, 3.63) is 101 Å². The lowest BCUT2D eigenvalue weighted by atomic mass is 10.1. The Hall–Kier alpha value is -7.96. The van der Waals surface area contributed by atoms with Crippen LogP contribution < -0.4 is 43.0 Å². The summed E-state index contributed by atoms with van der Waals surface area (Å²) in [6.07, 6.45) is 6.65. The van der Waals surface area contributed by atoms with Crippen LogP contribution in [0, 0.1) is 0 Å². The number of nitrogens with zero attached hydrogens (tertiary/aromatic N) is 11. The maximum Gasteiger partial charge on any atom is 0.273 e. The topological polar surface area (TPSA) is 321 Å². The number of hydrogen-bond acceptors (Lipinski definition) is 19. The van der Waals surface area contributed by atoms with Gasteiger partial charge in [-0.3, -0.25) is 29.0 Å². The van der Waals surface area contributed by atoms with Crippen molar-refractivity contribution in [2.75, 3.05) is 99.2 Å². The van der Waals surface area contributed by atoms with E-state index in [9.17, 15) is 24.0 Å². The van der Waals surface area contributed by atoms with Gasteiger partial charge in [0, 0.05) is 105 Å². The third-order valence-electron chi connectivity index (χ3n) is 11.9. The summed E-state index contributed by atoms with van der Waals surface area (Å²) in [6, 6.07) is 17.1. The SMILES string of the molecule is NC(=O)c1nnc(N2CCC[C@@H](N)C2)nc1Nc1ccc(C(=O)N2CCOCC2)cc1.NC(=O)c1nnc(N2CCC[C@@H](NC(=O)c3ccncc3)C2)nc1Nc1ccc(C(=O)N2CCOCC2)cc1. The lowest BCUT2D eigenvalue weighted by Gasteiger charge is -2.33. The summed E-state index contributed by atoms with van der Waals surface area (Å²) >= 11 is 0. The molecule has 24 heteroatoms. The van der Waals surface area contributed by atoms with Gasteiger partial charge in [0.2, 0.25) is 11.9 Å². The summed E-state index contributed by atoms with van der Waals surface area (Å²) < 4.78 is 10.6. The van der Waals surface area contributed by atoms with Crippen molar-refractivity contribution in [1.82, 2.24) is 50.5 Å². The van der Waals surface area contributed by atoms with Crippen LogP contribution in [0.5, 0.6) is 0 Å². The van der Waals surface area contributed by atoms with Crippen LogP contribution in [-0.4, -0.2) is 166 Å². The molecule has 2 aromatic carbocycles. The van der Waals surface area contributed by atoms with Gasteiger partial charge in [0.15, 0.2) is 23.0 Å². The minimum Gasteiger partial charge on any atom is -0.378 e. The lowest BCUT2D eigenvalue weighted by Crippen LogP contribution is -2.48. The number of amides is 5. The Labute approximate surface area is 402 Å². The van der Waals surface area contributed by atoms with E-state index >= 15 is 0 Å². The Kier molecular flexibility index (Phi) is 15.9. The molecule has 0 unspecified atom stereocenters. The number of piperidine rings is 2. The first-order valence-electron chi connectivity index (χ1n) is 23.0. The third kappa shape index (κ3) is 12.4. The van der Waals surface area contributed by atoms with Crippen molar-refractivity contribution < 1.29 is 33.4 Å². The number of nitrogens with one attached hydrogen (secondary N) is 3. The standard InChI is InChI=1S/C26H29N9O4.C20H26N8O3/c27-22(36)21-23(29-19-5-3-18(4-6-19)25(38)34-12-14-39-15-13-34)31-26(33-32-21)35-11-1-2-20(16-35)30-24(37)17-7-9-28-10-8-17;21-14-2-1-7-28(12-14)20-24-18(16(17(22)29)25-26-20)23-15-5-3-13(4-6-15)19(30)27-8-10-31-11-9-27/h3-10,20H,1-2,11-16H2,(H2,27,36)(H,30,37)(H,29,31,33);3-6,14H,1-2,7-12,21H2,(H2,22,29)(H,23,24,26)/t20-;14-/m11/s1. The Morgan fingerprint density at radius 2 is 1.01 bits per heavy atom. The van der Waals surface area contributed by atoms with Crippen LogP contribution in [-0.2, 0) is 9.47 Å². The van der Waals surface area contributed by atoms with E-state index in [1.165, 1.54) is 0 Å². The fourth-order valence-corrected chi connectivity index (χ4v) is 8.21. The predicted molar refractivity (Wildman–Crippen MR) is 256 cm³/mol. The van der Waals surface area contributed by atoms with Crippen LogP contribution in [0.15, 0.2) is 73.1 Å². The number of nitrogens with two attached hydrogens (primary N) is 3. The second-order valence-electron chi connectivity index (χ2n) is 16.9. The van der Waals surface area contributed by atoms with Crippen molar-refractivity contribution in [2.45, 2.75) is 37.8 Å². The highest BCUT2D eigenvalue weighted by Gasteiger charge is 2.27. The van der Waals surface area contributed by atoms with Gasteiger partial charge < -0.3 is 62.2 Å². The zero-order valence-electron chi connectivity index (χ0n) is 38.4. The zero-order valence-corrected chi connectivity index (χ0v) is 38.4. The van der Waals surface area contributed by atoms with Crippen molar-refractivity contribution >= 4 is 64.4 Å². The molecule has 0 radical (unpaired) electrons. The highest BCUT2D eigenvalue weighted by Crippen LogP contribution is 2.25. The molecule has 0 saturated carbocycles. The van der Waals surface area contributed by atoms with E-state index in [2.05, 4.69) is 51.3 Å². The van der Waals surface area contributed by atoms with Crippen molar-refractivity contribution in [1.29, 1.82) is 0 Å². The van der Waals surface area contributed by atoms with Crippen LogP contribution >= 0.6 is 0 Å². The van der Waals surface area contributed by atoms with E-state index in [0.29, 0.717) is 112 Å². The Morgan fingerprint density at radius 1 is 0.557 bits per heavy atom. The van der Waals surface area contributed by atoms with E-state index in [0.717, 1.165) is 32.2 Å². The number of morpholine rings is 2. The first-order valence-corrected chi connectivity index (χ1v) is 23.0. The average molecular weight is 958 g/mol. The first-order chi connectivity index (χ1) is 34.0. The molecule has 4 aliphatic rings. The molecule has 366 valence electrons. The number of hydrogen-bond donors (Lipinski definition) is 6. The summed E-state index contributed by atoms with van der Waals surface area (Å²) in [6.45, 7) is 6.95. The number of aromatic nitrogens is 7. The summed E-state index contributed by atoms with van der Waals surface area (Å²) in [4.78, 5) is 82.1. The summed E-state index contributed by atoms with van der Waals surface area (Å²) in [5.41, 5.74) is 19.8. The summed E-state index contributed by atoms with van der Waals surface area (Å²) in [5.74, 6) is -0.722. The normalized spacial score (nSPS) is 18.2. The van der Waals surface area contributed by atoms with Gasteiger partial charge in [-0.1, -0.05) is 0 Å². The summed E-state index contributed by atoms with van der Waals surface area (Å²) in [7, 11) is 0. The molecule has 0 bridgehead atoms. The van der Waals surface area contributed by atoms with E-state index in [-0.39, 0.29) is 52.8 Å². The molecule has 0 aliphatic carbocycles. The predicted octanol–water partition coefficient (Wildman–Crippen LogP) is 1.09. The van der Waals surface area contributed by atoms with Crippen molar-refractivity contribution in [2.24, 2.45) is 17.2 Å². The van der Waals surface area contributed by atoms with E-state index in [1.54, 1.807) is 82.9 Å². The average Bonchev–Trinajstić information content (AvgIpc) is 3.39. The zero-order chi connectivity index (χ0) is 49.0. The molecule has 2 atom stereocenters. The fourth-order valence-electron chi connectivity index (χ4n) is 8.21. The van der Waals surface area contributed by atoms with E-state index < -0.39 is 11.8 Å². The van der Waals surface area contributed by atoms with Crippen LogP contribution in [0.25, 0.3) is 0 Å². The molecular weight excluding hydrogens is 903 g/mol. The molecule has 3 aromatic heterocycles. The van der Waals surface area contributed by atoms with Gasteiger partial charge in [-0.2, -0.15) is 9.97 Å². The summed E-state index contributed by atoms with van der Waals surface area (Å²) in [5, 5.41) is 25.4. The quantitative estimate of drug-likeness (QED) is 0.102. The number of carbonyl (C=O) groups is 5. The number of benzene rings is 2. The van der Waals surface area contributed by atoms with Crippen molar-refractivity contribution in [3.63, 3.8) is 0 Å². The first kappa shape index (κ1) is 48.5. The molecule has 70 heavy (non-hydrogen) atoms. The monoisotopic (exact) mass is 957 g/mol. The number of ether oxygens (including phenoxy) is 2. The van der Waals surface area contributed by atoms with Crippen LogP contribution in [0.2, 0.25) is 0 Å². The molecule has 4 fully saturated rings. The molecule has 9 N–H and O–H groups in total. The minimum atomic E-state index is -0.774. The smallest absolute Gasteiger partial charge is 0.273 e. The largest absolute Gasteiger partial charge is 0.378 e. The van der Waals surface area contributed by atoms with Gasteiger partial charge in [-0.25, -0.2) is 0 Å². The van der Waals surface area contributed by atoms with Gasteiger partial charge in [0.1, 0.15) is 0 Å². The molecule has 5 aromatic rings. The molecule has 24 nitrogen and oxygen atoms in total. The van der Waals surface area contributed by atoms with E-state index in [4.69, 9.17) is 26.7 Å². The van der Waals surface area contributed by atoms with Crippen molar-refractivity contribution in [3.8, 4) is 0 Å². The molecule has 5 amide bonds.